The van der Waals surface area contributed by atoms with Gasteiger partial charge in [-0.1, -0.05) is 49.6 Å². The van der Waals surface area contributed by atoms with Gasteiger partial charge in [-0.15, -0.1) is 0 Å². The van der Waals surface area contributed by atoms with Gasteiger partial charge in [-0.25, -0.2) is 0 Å². The van der Waals surface area contributed by atoms with Crippen molar-refractivity contribution >= 4 is 11.4 Å². The number of para-hydroxylation sites is 3. The molecule has 136 valence electrons. The Morgan fingerprint density at radius 3 is 2.31 bits per heavy atom. The van der Waals surface area contributed by atoms with E-state index in [-0.39, 0.29) is 6.23 Å². The number of rotatable bonds is 2. The number of ether oxygens (including phenoxy) is 1. The van der Waals surface area contributed by atoms with Crippen molar-refractivity contribution < 1.29 is 4.74 Å². The van der Waals surface area contributed by atoms with Crippen molar-refractivity contribution in [3.63, 3.8) is 0 Å². The zero-order valence-corrected chi connectivity index (χ0v) is 15.8. The van der Waals surface area contributed by atoms with Gasteiger partial charge in [0.2, 0.25) is 0 Å². The van der Waals surface area contributed by atoms with Crippen LogP contribution >= 0.6 is 0 Å². The molecule has 2 aromatic carbocycles. The molecule has 3 heteroatoms. The van der Waals surface area contributed by atoms with Crippen molar-refractivity contribution in [1.82, 2.24) is 0 Å². The summed E-state index contributed by atoms with van der Waals surface area (Å²) >= 11 is 0. The first-order chi connectivity index (χ1) is 12.8. The Bertz CT molecular complexity index is 798. The second-order valence-corrected chi connectivity index (χ2v) is 8.13. The summed E-state index contributed by atoms with van der Waals surface area (Å²) in [7, 11) is 0. The lowest BCUT2D eigenvalue weighted by Crippen LogP contribution is -2.47. The maximum absolute atomic E-state index is 6.44. The predicted molar refractivity (Wildman–Crippen MR) is 107 cm³/mol. The summed E-state index contributed by atoms with van der Waals surface area (Å²) in [5.74, 6) is 1.75. The van der Waals surface area contributed by atoms with Crippen molar-refractivity contribution in [2.24, 2.45) is 5.92 Å². The van der Waals surface area contributed by atoms with E-state index in [1.165, 1.54) is 49.0 Å². The molecule has 0 amide bonds. The van der Waals surface area contributed by atoms with Crippen molar-refractivity contribution in [2.45, 2.75) is 64.4 Å². The highest BCUT2D eigenvalue weighted by Gasteiger charge is 2.53. The van der Waals surface area contributed by atoms with Crippen LogP contribution in [0.1, 0.15) is 44.6 Å². The van der Waals surface area contributed by atoms with Gasteiger partial charge in [0, 0.05) is 5.69 Å². The summed E-state index contributed by atoms with van der Waals surface area (Å²) < 4.78 is 6.44. The highest BCUT2D eigenvalue weighted by molar-refractivity contribution is 5.69. The summed E-state index contributed by atoms with van der Waals surface area (Å²) in [5, 5.41) is 0. The van der Waals surface area contributed by atoms with Crippen LogP contribution in [0.5, 0.6) is 5.75 Å². The molecule has 0 N–H and O–H groups in total. The first-order valence-corrected chi connectivity index (χ1v) is 10.1. The van der Waals surface area contributed by atoms with Gasteiger partial charge in [-0.2, -0.15) is 0 Å². The van der Waals surface area contributed by atoms with Crippen LogP contribution in [-0.4, -0.2) is 18.4 Å². The highest BCUT2D eigenvalue weighted by atomic mass is 16.5. The molecule has 5 rings (SSSR count). The average molecular weight is 348 g/mol. The Morgan fingerprint density at radius 2 is 1.54 bits per heavy atom. The first kappa shape index (κ1) is 16.0. The van der Waals surface area contributed by atoms with Gasteiger partial charge in [0.1, 0.15) is 11.9 Å². The van der Waals surface area contributed by atoms with Crippen LogP contribution < -0.4 is 14.5 Å². The minimum Gasteiger partial charge on any atom is -0.466 e. The Balaban J connectivity index is 1.62. The molecule has 3 atom stereocenters. The molecule has 0 radical (unpaired) electrons. The summed E-state index contributed by atoms with van der Waals surface area (Å²) in [5.41, 5.74) is 4.00. The molecule has 1 saturated heterocycles. The highest BCUT2D eigenvalue weighted by Crippen LogP contribution is 2.49. The third-order valence-electron chi connectivity index (χ3n) is 6.55. The standard InChI is InChI=1S/C23H28N2O/c1-16-10-6-7-13-19(16)24-17(2)23-25(20-14-8-9-15-21(20)26-23)22(24)18-11-4-3-5-12-18/h6-10,13-15,17-18,22-23H,3-5,11-12H2,1-2H3/t17-,22?,23?/m0/s1. The average Bonchev–Trinajstić information content (AvgIpc) is 3.18. The van der Waals surface area contributed by atoms with E-state index in [1.807, 2.05) is 0 Å². The molecule has 2 aromatic rings. The van der Waals surface area contributed by atoms with Crippen LogP contribution in [0.4, 0.5) is 11.4 Å². The van der Waals surface area contributed by atoms with E-state index in [1.54, 1.807) is 0 Å². The number of hydrogen-bond acceptors (Lipinski definition) is 3. The monoisotopic (exact) mass is 348 g/mol. The lowest BCUT2D eigenvalue weighted by molar-refractivity contribution is 0.218. The van der Waals surface area contributed by atoms with Crippen molar-refractivity contribution in [1.29, 1.82) is 0 Å². The van der Waals surface area contributed by atoms with Crippen LogP contribution in [0.2, 0.25) is 0 Å². The van der Waals surface area contributed by atoms with E-state index in [9.17, 15) is 0 Å². The van der Waals surface area contributed by atoms with Crippen molar-refractivity contribution in [3.8, 4) is 5.75 Å². The van der Waals surface area contributed by atoms with E-state index in [4.69, 9.17) is 4.74 Å². The third kappa shape index (κ3) is 2.33. The van der Waals surface area contributed by atoms with Crippen LogP contribution in [0, 0.1) is 12.8 Å². The molecular weight excluding hydrogens is 320 g/mol. The second-order valence-electron chi connectivity index (χ2n) is 8.13. The van der Waals surface area contributed by atoms with E-state index in [2.05, 4.69) is 72.2 Å². The van der Waals surface area contributed by atoms with Gasteiger partial charge in [0.15, 0.2) is 6.23 Å². The minimum absolute atomic E-state index is 0.110. The number of benzene rings is 2. The molecular formula is C23H28N2O. The Labute approximate surface area is 156 Å². The van der Waals surface area contributed by atoms with Crippen molar-refractivity contribution in [3.05, 3.63) is 54.1 Å². The van der Waals surface area contributed by atoms with E-state index in [0.717, 1.165) is 5.75 Å². The smallest absolute Gasteiger partial charge is 0.194 e. The molecule has 0 spiro atoms. The number of hydrogen-bond donors (Lipinski definition) is 0. The molecule has 0 aromatic heterocycles. The maximum Gasteiger partial charge on any atom is 0.194 e. The molecule has 2 fully saturated rings. The summed E-state index contributed by atoms with van der Waals surface area (Å²) in [6.07, 6.45) is 7.26. The van der Waals surface area contributed by atoms with Gasteiger partial charge in [0.05, 0.1) is 11.7 Å². The van der Waals surface area contributed by atoms with E-state index in [0.29, 0.717) is 18.1 Å². The predicted octanol–water partition coefficient (Wildman–Crippen LogP) is 5.34. The maximum atomic E-state index is 6.44. The molecule has 2 unspecified atom stereocenters. The zero-order chi connectivity index (χ0) is 17.7. The number of aryl methyl sites for hydroxylation is 1. The topological polar surface area (TPSA) is 15.7 Å². The minimum atomic E-state index is 0.110. The zero-order valence-electron chi connectivity index (χ0n) is 15.8. The quantitative estimate of drug-likeness (QED) is 0.729. The Morgan fingerprint density at radius 1 is 0.846 bits per heavy atom. The van der Waals surface area contributed by atoms with Crippen molar-refractivity contribution in [2.75, 3.05) is 9.80 Å². The Hall–Kier alpha value is -2.16. The summed E-state index contributed by atoms with van der Waals surface area (Å²) in [6.45, 7) is 4.57. The molecule has 26 heavy (non-hydrogen) atoms. The third-order valence-corrected chi connectivity index (χ3v) is 6.55. The number of nitrogens with zero attached hydrogens (tertiary/aromatic N) is 2. The van der Waals surface area contributed by atoms with Gasteiger partial charge in [-0.05, 0) is 56.4 Å². The van der Waals surface area contributed by atoms with Crippen LogP contribution in [-0.2, 0) is 0 Å². The number of anilines is 2. The first-order valence-electron chi connectivity index (χ1n) is 10.1. The molecule has 1 aliphatic carbocycles. The van der Waals surface area contributed by atoms with E-state index >= 15 is 0 Å². The van der Waals surface area contributed by atoms with Crippen LogP contribution in [0.15, 0.2) is 48.5 Å². The van der Waals surface area contributed by atoms with Gasteiger partial charge >= 0.3 is 0 Å². The van der Waals surface area contributed by atoms with Crippen LogP contribution in [0.25, 0.3) is 0 Å². The molecule has 2 aliphatic heterocycles. The Kier molecular flexibility index (Phi) is 3.84. The molecule has 3 nitrogen and oxygen atoms in total. The van der Waals surface area contributed by atoms with Gasteiger partial charge in [0.25, 0.3) is 0 Å². The largest absolute Gasteiger partial charge is 0.466 e. The van der Waals surface area contributed by atoms with Crippen LogP contribution in [0.3, 0.4) is 0 Å². The summed E-state index contributed by atoms with van der Waals surface area (Å²) in [6, 6.07) is 17.7. The fraction of sp³-hybridized carbons (Fsp3) is 0.478. The molecule has 0 bridgehead atoms. The fourth-order valence-corrected chi connectivity index (χ4v) is 5.33. The molecule has 1 saturated carbocycles. The lowest BCUT2D eigenvalue weighted by atomic mass is 9.86. The molecule has 2 heterocycles. The number of fused-ring (bicyclic) bond motifs is 3. The van der Waals surface area contributed by atoms with Gasteiger partial charge in [-0.3, -0.25) is 0 Å². The molecule has 3 aliphatic rings. The second kappa shape index (κ2) is 6.22. The summed E-state index contributed by atoms with van der Waals surface area (Å²) in [4.78, 5) is 5.24. The normalized spacial score (nSPS) is 28.0. The van der Waals surface area contributed by atoms with E-state index < -0.39 is 0 Å². The lowest BCUT2D eigenvalue weighted by Gasteiger charge is -2.40. The fourth-order valence-electron chi connectivity index (χ4n) is 5.33. The SMILES string of the molecule is Cc1ccccc1N1C(C2CCCCC2)N2c3ccccc3OC2[C@@H]1C. The van der Waals surface area contributed by atoms with Gasteiger partial charge < -0.3 is 14.5 Å².